The highest BCUT2D eigenvalue weighted by Crippen LogP contribution is 2.16. The van der Waals surface area contributed by atoms with Crippen LogP contribution in [0.4, 0.5) is 0 Å². The Morgan fingerprint density at radius 1 is 1.53 bits per heavy atom. The summed E-state index contributed by atoms with van der Waals surface area (Å²) in [6, 6.07) is 0.440. The molecular formula is C12H25NO2. The molecule has 0 amide bonds. The molecule has 0 aliphatic carbocycles. The van der Waals surface area contributed by atoms with Gasteiger partial charge in [0.05, 0.1) is 12.2 Å². The number of aliphatic hydroxyl groups is 1. The summed E-state index contributed by atoms with van der Waals surface area (Å²) in [6.07, 6.45) is 3.02. The lowest BCUT2D eigenvalue weighted by atomic mass is 9.95. The number of rotatable bonds is 6. The van der Waals surface area contributed by atoms with Crippen LogP contribution in [0, 0.1) is 5.92 Å². The second-order valence-electron chi connectivity index (χ2n) is 5.37. The van der Waals surface area contributed by atoms with Gasteiger partial charge in [0, 0.05) is 19.2 Å². The molecular weight excluding hydrogens is 190 g/mol. The third kappa shape index (κ3) is 5.50. The van der Waals surface area contributed by atoms with Crippen molar-refractivity contribution >= 4 is 0 Å². The smallest absolute Gasteiger partial charge is 0.0743 e. The van der Waals surface area contributed by atoms with Crippen LogP contribution in [0.25, 0.3) is 0 Å². The van der Waals surface area contributed by atoms with Gasteiger partial charge in [-0.1, -0.05) is 13.8 Å². The molecule has 90 valence electrons. The Kier molecular flexibility index (Phi) is 5.03. The molecule has 1 aliphatic rings. The maximum absolute atomic E-state index is 10.1. The first kappa shape index (κ1) is 12.9. The van der Waals surface area contributed by atoms with Crippen molar-refractivity contribution in [1.82, 2.24) is 5.32 Å². The van der Waals surface area contributed by atoms with Crippen molar-refractivity contribution < 1.29 is 9.84 Å². The van der Waals surface area contributed by atoms with Crippen LogP contribution in [0.5, 0.6) is 0 Å². The zero-order valence-corrected chi connectivity index (χ0v) is 10.3. The lowest BCUT2D eigenvalue weighted by Crippen LogP contribution is -2.43. The average Bonchev–Trinajstić information content (AvgIpc) is 2.65. The standard InChI is InChI=1S/C12H25NO2/c1-10(2)4-6-12(3,14)9-13-11-5-7-15-8-11/h10-11,13-14H,4-9H2,1-3H3. The Bertz CT molecular complexity index is 174. The number of hydrogen-bond acceptors (Lipinski definition) is 3. The molecule has 0 aromatic rings. The quantitative estimate of drug-likeness (QED) is 0.706. The average molecular weight is 215 g/mol. The van der Waals surface area contributed by atoms with Gasteiger partial charge in [0.2, 0.25) is 0 Å². The van der Waals surface area contributed by atoms with Crippen molar-refractivity contribution in [2.45, 2.75) is 51.7 Å². The highest BCUT2D eigenvalue weighted by molar-refractivity contribution is 4.80. The maximum atomic E-state index is 10.1. The van der Waals surface area contributed by atoms with E-state index in [4.69, 9.17) is 4.74 Å². The minimum Gasteiger partial charge on any atom is -0.389 e. The van der Waals surface area contributed by atoms with E-state index in [9.17, 15) is 5.11 Å². The van der Waals surface area contributed by atoms with E-state index in [0.717, 1.165) is 32.5 Å². The van der Waals surface area contributed by atoms with Crippen LogP contribution >= 0.6 is 0 Å². The Morgan fingerprint density at radius 2 is 2.27 bits per heavy atom. The molecule has 1 fully saturated rings. The second kappa shape index (κ2) is 5.83. The van der Waals surface area contributed by atoms with Crippen molar-refractivity contribution in [2.75, 3.05) is 19.8 Å². The molecule has 0 aromatic heterocycles. The van der Waals surface area contributed by atoms with Crippen molar-refractivity contribution in [1.29, 1.82) is 0 Å². The topological polar surface area (TPSA) is 41.5 Å². The van der Waals surface area contributed by atoms with Crippen LogP contribution in [0.15, 0.2) is 0 Å². The molecule has 15 heavy (non-hydrogen) atoms. The van der Waals surface area contributed by atoms with Crippen molar-refractivity contribution in [2.24, 2.45) is 5.92 Å². The number of hydrogen-bond donors (Lipinski definition) is 2. The van der Waals surface area contributed by atoms with Crippen molar-refractivity contribution in [3.8, 4) is 0 Å². The van der Waals surface area contributed by atoms with Gasteiger partial charge in [0.25, 0.3) is 0 Å². The fourth-order valence-electron chi connectivity index (χ4n) is 1.75. The summed E-state index contributed by atoms with van der Waals surface area (Å²) in [5.41, 5.74) is -0.577. The first-order chi connectivity index (χ1) is 6.99. The van der Waals surface area contributed by atoms with E-state index in [1.165, 1.54) is 0 Å². The minimum atomic E-state index is -0.577. The van der Waals surface area contributed by atoms with Gasteiger partial charge in [-0.25, -0.2) is 0 Å². The van der Waals surface area contributed by atoms with Crippen LogP contribution in [-0.2, 0) is 4.74 Å². The van der Waals surface area contributed by atoms with Gasteiger partial charge in [0.15, 0.2) is 0 Å². The van der Waals surface area contributed by atoms with E-state index >= 15 is 0 Å². The normalized spacial score (nSPS) is 25.8. The first-order valence-corrected chi connectivity index (χ1v) is 6.03. The summed E-state index contributed by atoms with van der Waals surface area (Å²) < 4.78 is 5.28. The Labute approximate surface area is 93.2 Å². The second-order valence-corrected chi connectivity index (χ2v) is 5.37. The lowest BCUT2D eigenvalue weighted by molar-refractivity contribution is 0.0420. The van der Waals surface area contributed by atoms with Gasteiger partial charge >= 0.3 is 0 Å². The van der Waals surface area contributed by atoms with Gasteiger partial charge in [-0.15, -0.1) is 0 Å². The molecule has 0 saturated carbocycles. The number of nitrogens with one attached hydrogen (secondary N) is 1. The molecule has 0 spiro atoms. The van der Waals surface area contributed by atoms with Gasteiger partial charge in [0.1, 0.15) is 0 Å². The molecule has 1 saturated heterocycles. The molecule has 1 rings (SSSR count). The lowest BCUT2D eigenvalue weighted by Gasteiger charge is -2.26. The maximum Gasteiger partial charge on any atom is 0.0743 e. The molecule has 3 heteroatoms. The fourth-order valence-corrected chi connectivity index (χ4v) is 1.75. The van der Waals surface area contributed by atoms with Crippen LogP contribution in [0.1, 0.15) is 40.0 Å². The summed E-state index contributed by atoms with van der Waals surface area (Å²) in [7, 11) is 0. The van der Waals surface area contributed by atoms with Crippen molar-refractivity contribution in [3.63, 3.8) is 0 Å². The van der Waals surface area contributed by atoms with E-state index < -0.39 is 5.60 Å². The van der Waals surface area contributed by atoms with Gasteiger partial charge in [-0.2, -0.15) is 0 Å². The predicted molar refractivity (Wildman–Crippen MR) is 61.9 cm³/mol. The molecule has 2 atom stereocenters. The molecule has 0 radical (unpaired) electrons. The number of ether oxygens (including phenoxy) is 1. The molecule has 0 bridgehead atoms. The highest BCUT2D eigenvalue weighted by atomic mass is 16.5. The zero-order valence-electron chi connectivity index (χ0n) is 10.3. The Balaban J connectivity index is 2.16. The van der Waals surface area contributed by atoms with E-state index in [1.807, 2.05) is 6.92 Å². The third-order valence-corrected chi connectivity index (χ3v) is 2.96. The van der Waals surface area contributed by atoms with E-state index in [-0.39, 0.29) is 0 Å². The molecule has 1 heterocycles. The van der Waals surface area contributed by atoms with E-state index in [1.54, 1.807) is 0 Å². The minimum absolute atomic E-state index is 0.440. The third-order valence-electron chi connectivity index (χ3n) is 2.96. The molecule has 2 N–H and O–H groups in total. The zero-order chi connectivity index (χ0) is 11.3. The van der Waals surface area contributed by atoms with E-state index in [0.29, 0.717) is 18.5 Å². The van der Waals surface area contributed by atoms with Gasteiger partial charge < -0.3 is 15.2 Å². The van der Waals surface area contributed by atoms with Crippen molar-refractivity contribution in [3.05, 3.63) is 0 Å². The summed E-state index contributed by atoms with van der Waals surface area (Å²) >= 11 is 0. The van der Waals surface area contributed by atoms with Gasteiger partial charge in [-0.05, 0) is 32.1 Å². The molecule has 1 aliphatic heterocycles. The monoisotopic (exact) mass is 215 g/mol. The molecule has 2 unspecified atom stereocenters. The van der Waals surface area contributed by atoms with Crippen LogP contribution < -0.4 is 5.32 Å². The first-order valence-electron chi connectivity index (χ1n) is 6.03. The SMILES string of the molecule is CC(C)CCC(C)(O)CNC1CCOC1. The Morgan fingerprint density at radius 3 is 2.80 bits per heavy atom. The van der Waals surface area contributed by atoms with E-state index in [2.05, 4.69) is 19.2 Å². The Hall–Kier alpha value is -0.120. The summed E-state index contributed by atoms with van der Waals surface area (Å²) in [5, 5.41) is 13.5. The summed E-state index contributed by atoms with van der Waals surface area (Å²) in [6.45, 7) is 8.61. The highest BCUT2D eigenvalue weighted by Gasteiger charge is 2.23. The van der Waals surface area contributed by atoms with Crippen LogP contribution in [-0.4, -0.2) is 36.5 Å². The molecule has 3 nitrogen and oxygen atoms in total. The molecule has 0 aromatic carbocycles. The predicted octanol–water partition coefficient (Wildman–Crippen LogP) is 1.55. The van der Waals surface area contributed by atoms with Crippen LogP contribution in [0.3, 0.4) is 0 Å². The summed E-state index contributed by atoms with van der Waals surface area (Å²) in [4.78, 5) is 0. The fraction of sp³-hybridized carbons (Fsp3) is 1.00. The van der Waals surface area contributed by atoms with Crippen LogP contribution in [0.2, 0.25) is 0 Å². The van der Waals surface area contributed by atoms with Gasteiger partial charge in [-0.3, -0.25) is 0 Å². The summed E-state index contributed by atoms with van der Waals surface area (Å²) in [5.74, 6) is 0.659. The largest absolute Gasteiger partial charge is 0.389 e.